The Labute approximate surface area is 127 Å². The second-order valence-corrected chi connectivity index (χ2v) is 5.79. The second-order valence-electron chi connectivity index (χ2n) is 5.79. The van der Waals surface area contributed by atoms with Gasteiger partial charge >= 0.3 is 0 Å². The molecule has 0 bridgehead atoms. The lowest BCUT2D eigenvalue weighted by molar-refractivity contribution is -0.136. The highest BCUT2D eigenvalue weighted by Crippen LogP contribution is 2.26. The molecule has 1 aromatic rings. The van der Waals surface area contributed by atoms with Gasteiger partial charge in [-0.05, 0) is 25.8 Å². The van der Waals surface area contributed by atoms with Gasteiger partial charge in [-0.15, -0.1) is 0 Å². The summed E-state index contributed by atoms with van der Waals surface area (Å²) in [6.45, 7) is 3.16. The largest absolute Gasteiger partial charge is 0.494 e. The average Bonchev–Trinajstić information content (AvgIpc) is 2.49. The molecule has 2 rings (SSSR count). The van der Waals surface area contributed by atoms with E-state index in [9.17, 15) is 4.79 Å². The van der Waals surface area contributed by atoms with Crippen molar-refractivity contribution < 1.29 is 9.53 Å². The minimum absolute atomic E-state index is 0.0100. The van der Waals surface area contributed by atoms with Crippen LogP contribution < -0.4 is 10.5 Å². The molecule has 0 spiro atoms. The monoisotopic (exact) mass is 290 g/mol. The molecular weight excluding hydrogens is 264 g/mol. The molecule has 1 aromatic carbocycles. The Morgan fingerprint density at radius 2 is 2.05 bits per heavy atom. The van der Waals surface area contributed by atoms with Gasteiger partial charge in [0.1, 0.15) is 5.75 Å². The van der Waals surface area contributed by atoms with E-state index >= 15 is 0 Å². The fourth-order valence-corrected chi connectivity index (χ4v) is 3.01. The smallest absolute Gasteiger partial charge is 0.227 e. The SMILES string of the molecule is CCOc1ccccc1CN(C)C(=O)C1CCCCC1N. The van der Waals surface area contributed by atoms with E-state index in [-0.39, 0.29) is 17.9 Å². The lowest BCUT2D eigenvalue weighted by atomic mass is 9.84. The number of nitrogens with two attached hydrogens (primary N) is 1. The predicted molar refractivity (Wildman–Crippen MR) is 84.0 cm³/mol. The third-order valence-corrected chi connectivity index (χ3v) is 4.19. The molecule has 1 saturated carbocycles. The molecule has 1 fully saturated rings. The summed E-state index contributed by atoms with van der Waals surface area (Å²) >= 11 is 0. The van der Waals surface area contributed by atoms with Crippen molar-refractivity contribution in [1.82, 2.24) is 4.90 Å². The number of carbonyl (C=O) groups is 1. The van der Waals surface area contributed by atoms with E-state index in [0.717, 1.165) is 37.0 Å². The molecule has 1 aliphatic carbocycles. The minimum Gasteiger partial charge on any atom is -0.494 e. The molecule has 0 heterocycles. The van der Waals surface area contributed by atoms with Gasteiger partial charge in [-0.2, -0.15) is 0 Å². The van der Waals surface area contributed by atoms with Crippen LogP contribution in [0.1, 0.15) is 38.2 Å². The van der Waals surface area contributed by atoms with Gasteiger partial charge in [0, 0.05) is 25.2 Å². The predicted octanol–water partition coefficient (Wildman–Crippen LogP) is 2.56. The molecule has 2 N–H and O–H groups in total. The number of hydrogen-bond donors (Lipinski definition) is 1. The number of amides is 1. The zero-order valence-electron chi connectivity index (χ0n) is 13.0. The van der Waals surface area contributed by atoms with E-state index in [1.165, 1.54) is 0 Å². The standard InChI is InChI=1S/C17H26N2O2/c1-3-21-16-11-7-4-8-13(16)12-19(2)17(20)14-9-5-6-10-15(14)18/h4,7-8,11,14-15H,3,5-6,9-10,12,18H2,1-2H3. The van der Waals surface area contributed by atoms with Crippen LogP contribution in [-0.2, 0) is 11.3 Å². The zero-order valence-corrected chi connectivity index (χ0v) is 13.0. The maximum atomic E-state index is 12.6. The van der Waals surface area contributed by atoms with Crippen LogP contribution in [0.3, 0.4) is 0 Å². The first-order valence-electron chi connectivity index (χ1n) is 7.84. The molecule has 1 aliphatic rings. The Morgan fingerprint density at radius 1 is 1.33 bits per heavy atom. The van der Waals surface area contributed by atoms with Crippen LogP contribution in [0.2, 0.25) is 0 Å². The Hall–Kier alpha value is -1.55. The van der Waals surface area contributed by atoms with Crippen LogP contribution in [-0.4, -0.2) is 30.5 Å². The number of carbonyl (C=O) groups excluding carboxylic acids is 1. The van der Waals surface area contributed by atoms with Gasteiger partial charge in [0.15, 0.2) is 0 Å². The molecule has 116 valence electrons. The molecule has 0 radical (unpaired) electrons. The summed E-state index contributed by atoms with van der Waals surface area (Å²) in [7, 11) is 1.85. The van der Waals surface area contributed by atoms with Crippen LogP contribution >= 0.6 is 0 Å². The molecule has 21 heavy (non-hydrogen) atoms. The topological polar surface area (TPSA) is 55.6 Å². The minimum atomic E-state index is -0.0250. The zero-order chi connectivity index (χ0) is 15.2. The van der Waals surface area contributed by atoms with Crippen molar-refractivity contribution in [3.8, 4) is 5.75 Å². The number of rotatable bonds is 5. The van der Waals surface area contributed by atoms with Crippen LogP contribution in [0.4, 0.5) is 0 Å². The number of hydrogen-bond acceptors (Lipinski definition) is 3. The normalized spacial score (nSPS) is 21.9. The third kappa shape index (κ3) is 3.97. The number of nitrogens with zero attached hydrogens (tertiary/aromatic N) is 1. The number of para-hydroxylation sites is 1. The molecule has 4 heteroatoms. The second kappa shape index (κ2) is 7.46. The summed E-state index contributed by atoms with van der Waals surface area (Å²) in [5, 5.41) is 0. The van der Waals surface area contributed by atoms with Crippen LogP contribution in [0.15, 0.2) is 24.3 Å². The van der Waals surface area contributed by atoms with Crippen molar-refractivity contribution in [3.05, 3.63) is 29.8 Å². The van der Waals surface area contributed by atoms with E-state index in [2.05, 4.69) is 0 Å². The highest BCUT2D eigenvalue weighted by molar-refractivity contribution is 5.79. The summed E-state index contributed by atoms with van der Waals surface area (Å²) in [5.74, 6) is 0.990. The van der Waals surface area contributed by atoms with Crippen molar-refractivity contribution in [2.24, 2.45) is 11.7 Å². The van der Waals surface area contributed by atoms with E-state index in [1.807, 2.05) is 38.2 Å². The Morgan fingerprint density at radius 3 is 2.76 bits per heavy atom. The molecule has 4 nitrogen and oxygen atoms in total. The van der Waals surface area contributed by atoms with E-state index < -0.39 is 0 Å². The van der Waals surface area contributed by atoms with Gasteiger partial charge in [0.05, 0.1) is 12.5 Å². The lowest BCUT2D eigenvalue weighted by Crippen LogP contribution is -2.44. The van der Waals surface area contributed by atoms with Gasteiger partial charge in [0.2, 0.25) is 5.91 Å². The summed E-state index contributed by atoms with van der Waals surface area (Å²) < 4.78 is 5.62. The Balaban J connectivity index is 2.03. The molecule has 2 unspecified atom stereocenters. The fraction of sp³-hybridized carbons (Fsp3) is 0.588. The van der Waals surface area contributed by atoms with Crippen molar-refractivity contribution in [1.29, 1.82) is 0 Å². The maximum Gasteiger partial charge on any atom is 0.227 e. The van der Waals surface area contributed by atoms with Gasteiger partial charge in [-0.3, -0.25) is 4.79 Å². The van der Waals surface area contributed by atoms with Crippen molar-refractivity contribution in [2.45, 2.75) is 45.2 Å². The molecule has 0 aliphatic heterocycles. The summed E-state index contributed by atoms with van der Waals surface area (Å²) in [6.07, 6.45) is 4.12. The van der Waals surface area contributed by atoms with E-state index in [1.54, 1.807) is 4.90 Å². The van der Waals surface area contributed by atoms with E-state index in [0.29, 0.717) is 13.2 Å². The highest BCUT2D eigenvalue weighted by Gasteiger charge is 2.30. The first-order chi connectivity index (χ1) is 10.1. The van der Waals surface area contributed by atoms with Crippen LogP contribution in [0, 0.1) is 5.92 Å². The highest BCUT2D eigenvalue weighted by atomic mass is 16.5. The third-order valence-electron chi connectivity index (χ3n) is 4.19. The van der Waals surface area contributed by atoms with Crippen molar-refractivity contribution in [3.63, 3.8) is 0 Å². The van der Waals surface area contributed by atoms with Gasteiger partial charge in [-0.25, -0.2) is 0 Å². The van der Waals surface area contributed by atoms with E-state index in [4.69, 9.17) is 10.5 Å². The average molecular weight is 290 g/mol. The molecule has 2 atom stereocenters. The van der Waals surface area contributed by atoms with Crippen LogP contribution in [0.25, 0.3) is 0 Å². The summed E-state index contributed by atoms with van der Waals surface area (Å²) in [5.41, 5.74) is 7.16. The number of benzene rings is 1. The lowest BCUT2D eigenvalue weighted by Gasteiger charge is -2.31. The van der Waals surface area contributed by atoms with Gasteiger partial charge < -0.3 is 15.4 Å². The first kappa shape index (κ1) is 15.8. The molecular formula is C17H26N2O2. The molecule has 0 saturated heterocycles. The summed E-state index contributed by atoms with van der Waals surface area (Å²) in [4.78, 5) is 14.4. The van der Waals surface area contributed by atoms with Crippen molar-refractivity contribution >= 4 is 5.91 Å². The first-order valence-corrected chi connectivity index (χ1v) is 7.84. The van der Waals surface area contributed by atoms with Gasteiger partial charge in [0.25, 0.3) is 0 Å². The number of ether oxygens (including phenoxy) is 1. The Kier molecular flexibility index (Phi) is 5.62. The quantitative estimate of drug-likeness (QED) is 0.906. The van der Waals surface area contributed by atoms with Gasteiger partial charge in [-0.1, -0.05) is 31.0 Å². The maximum absolute atomic E-state index is 12.6. The molecule has 1 amide bonds. The fourth-order valence-electron chi connectivity index (χ4n) is 3.01. The Bertz CT molecular complexity index is 476. The van der Waals surface area contributed by atoms with Crippen molar-refractivity contribution in [2.75, 3.05) is 13.7 Å². The molecule has 0 aromatic heterocycles. The van der Waals surface area contributed by atoms with Crippen LogP contribution in [0.5, 0.6) is 5.75 Å². The summed E-state index contributed by atoms with van der Waals surface area (Å²) in [6, 6.07) is 7.89.